The SMILES string of the molecule is CCCCCCCCCCCNCCNC1C2CC3CC(C2)CC1C3. The number of hydrogen-bond acceptors (Lipinski definition) is 2. The third-order valence-corrected chi connectivity index (χ3v) is 7.37. The highest BCUT2D eigenvalue weighted by Crippen LogP contribution is 2.53. The minimum Gasteiger partial charge on any atom is -0.315 e. The Balaban J connectivity index is 1.11. The van der Waals surface area contributed by atoms with Crippen molar-refractivity contribution in [3.05, 3.63) is 0 Å². The van der Waals surface area contributed by atoms with E-state index < -0.39 is 0 Å². The van der Waals surface area contributed by atoms with E-state index in [0.717, 1.165) is 29.7 Å². The first kappa shape index (κ1) is 19.7. The quantitative estimate of drug-likeness (QED) is 0.404. The molecule has 4 aliphatic rings. The molecule has 0 aromatic heterocycles. The van der Waals surface area contributed by atoms with Crippen molar-refractivity contribution in [3.63, 3.8) is 0 Å². The second-order valence-electron chi connectivity index (χ2n) is 9.49. The zero-order valence-electron chi connectivity index (χ0n) is 16.9. The van der Waals surface area contributed by atoms with E-state index >= 15 is 0 Å². The smallest absolute Gasteiger partial charge is 0.0124 e. The third kappa shape index (κ3) is 6.24. The van der Waals surface area contributed by atoms with Crippen LogP contribution in [0.2, 0.25) is 0 Å². The molecule has 2 nitrogen and oxygen atoms in total. The maximum absolute atomic E-state index is 3.94. The topological polar surface area (TPSA) is 24.1 Å². The second-order valence-corrected chi connectivity index (χ2v) is 9.49. The summed E-state index contributed by atoms with van der Waals surface area (Å²) in [4.78, 5) is 0. The van der Waals surface area contributed by atoms with Gasteiger partial charge in [-0.1, -0.05) is 58.3 Å². The van der Waals surface area contributed by atoms with E-state index in [0.29, 0.717) is 0 Å². The highest BCUT2D eigenvalue weighted by atomic mass is 15.0. The molecule has 0 aromatic carbocycles. The van der Waals surface area contributed by atoms with Gasteiger partial charge in [0.1, 0.15) is 0 Å². The van der Waals surface area contributed by atoms with Gasteiger partial charge in [0.2, 0.25) is 0 Å². The molecule has 2 N–H and O–H groups in total. The fraction of sp³-hybridized carbons (Fsp3) is 1.00. The average molecular weight is 349 g/mol. The van der Waals surface area contributed by atoms with Gasteiger partial charge >= 0.3 is 0 Å². The van der Waals surface area contributed by atoms with Gasteiger partial charge in [0, 0.05) is 19.1 Å². The molecule has 4 aliphatic carbocycles. The fourth-order valence-electron chi connectivity index (χ4n) is 6.27. The Kier molecular flexibility index (Phi) is 8.60. The lowest BCUT2D eigenvalue weighted by atomic mass is 9.54. The number of nitrogens with one attached hydrogen (secondary N) is 2. The first-order chi connectivity index (χ1) is 12.4. The zero-order valence-corrected chi connectivity index (χ0v) is 16.9. The lowest BCUT2D eigenvalue weighted by Gasteiger charge is -2.54. The van der Waals surface area contributed by atoms with Gasteiger partial charge < -0.3 is 10.6 Å². The summed E-state index contributed by atoms with van der Waals surface area (Å²) in [6.45, 7) is 5.87. The van der Waals surface area contributed by atoms with Crippen molar-refractivity contribution >= 4 is 0 Å². The molecule has 0 aromatic rings. The minimum absolute atomic E-state index is 0.863. The van der Waals surface area contributed by atoms with Crippen LogP contribution in [0.15, 0.2) is 0 Å². The van der Waals surface area contributed by atoms with Crippen LogP contribution >= 0.6 is 0 Å². The molecule has 146 valence electrons. The predicted molar refractivity (Wildman–Crippen MR) is 109 cm³/mol. The average Bonchev–Trinajstić information content (AvgIpc) is 2.60. The van der Waals surface area contributed by atoms with Gasteiger partial charge in [-0.25, -0.2) is 0 Å². The molecule has 0 spiro atoms. The van der Waals surface area contributed by atoms with Crippen LogP contribution in [0.25, 0.3) is 0 Å². The lowest BCUT2D eigenvalue weighted by molar-refractivity contribution is -0.0133. The maximum Gasteiger partial charge on any atom is 0.0124 e. The van der Waals surface area contributed by atoms with Gasteiger partial charge in [0.25, 0.3) is 0 Å². The van der Waals surface area contributed by atoms with Crippen molar-refractivity contribution in [1.29, 1.82) is 0 Å². The van der Waals surface area contributed by atoms with Crippen LogP contribution in [0.4, 0.5) is 0 Å². The summed E-state index contributed by atoms with van der Waals surface area (Å²) in [6, 6.07) is 0.863. The molecule has 4 saturated carbocycles. The Bertz CT molecular complexity index is 326. The van der Waals surface area contributed by atoms with Crippen LogP contribution in [0.5, 0.6) is 0 Å². The normalized spacial score (nSPS) is 33.2. The third-order valence-electron chi connectivity index (χ3n) is 7.37. The Hall–Kier alpha value is -0.0800. The first-order valence-electron chi connectivity index (χ1n) is 11.8. The van der Waals surface area contributed by atoms with Gasteiger partial charge in [-0.05, 0) is 68.7 Å². The molecule has 0 heterocycles. The molecule has 0 radical (unpaired) electrons. The van der Waals surface area contributed by atoms with Crippen LogP contribution in [-0.2, 0) is 0 Å². The Morgan fingerprint density at radius 2 is 1.16 bits per heavy atom. The van der Waals surface area contributed by atoms with E-state index in [1.54, 1.807) is 6.42 Å². The largest absolute Gasteiger partial charge is 0.315 e. The van der Waals surface area contributed by atoms with Crippen LogP contribution in [0.1, 0.15) is 96.8 Å². The first-order valence-corrected chi connectivity index (χ1v) is 11.8. The molecule has 4 bridgehead atoms. The molecule has 0 atom stereocenters. The number of rotatable bonds is 14. The Morgan fingerprint density at radius 3 is 1.76 bits per heavy atom. The number of unbranched alkanes of at least 4 members (excludes halogenated alkanes) is 8. The van der Waals surface area contributed by atoms with Gasteiger partial charge in [-0.2, -0.15) is 0 Å². The van der Waals surface area contributed by atoms with E-state index in [4.69, 9.17) is 0 Å². The predicted octanol–water partition coefficient (Wildman–Crippen LogP) is 5.52. The summed E-state index contributed by atoms with van der Waals surface area (Å²) in [6.07, 6.45) is 20.6. The summed E-state index contributed by atoms with van der Waals surface area (Å²) in [5.41, 5.74) is 0. The Morgan fingerprint density at radius 1 is 0.600 bits per heavy atom. The van der Waals surface area contributed by atoms with Crippen LogP contribution in [0.3, 0.4) is 0 Å². The van der Waals surface area contributed by atoms with Crippen molar-refractivity contribution in [2.75, 3.05) is 19.6 Å². The standard InChI is InChI=1S/C23H44N2/c1-2-3-4-5-6-7-8-9-10-11-24-12-13-25-23-21-15-19-14-20(17-21)18-22(23)16-19/h19-25H,2-18H2,1H3. The van der Waals surface area contributed by atoms with Crippen molar-refractivity contribution in [2.24, 2.45) is 23.7 Å². The molecule has 0 aliphatic heterocycles. The molecular formula is C23H44N2. The summed E-state index contributed by atoms with van der Waals surface area (Å²) >= 11 is 0. The van der Waals surface area contributed by atoms with Crippen molar-refractivity contribution in [1.82, 2.24) is 10.6 Å². The molecule has 4 rings (SSSR count). The summed E-state index contributed by atoms with van der Waals surface area (Å²) in [5.74, 6) is 4.25. The molecule has 0 amide bonds. The van der Waals surface area contributed by atoms with Gasteiger partial charge in [0.15, 0.2) is 0 Å². The monoisotopic (exact) mass is 348 g/mol. The van der Waals surface area contributed by atoms with Crippen LogP contribution in [0, 0.1) is 23.7 Å². The van der Waals surface area contributed by atoms with Gasteiger partial charge in [-0.15, -0.1) is 0 Å². The lowest BCUT2D eigenvalue weighted by Crippen LogP contribution is -2.55. The van der Waals surface area contributed by atoms with Crippen molar-refractivity contribution in [3.8, 4) is 0 Å². The van der Waals surface area contributed by atoms with Crippen molar-refractivity contribution in [2.45, 2.75) is 103 Å². The molecule has 0 unspecified atom stereocenters. The minimum atomic E-state index is 0.863. The highest BCUT2D eigenvalue weighted by molar-refractivity contribution is 5.01. The van der Waals surface area contributed by atoms with E-state index in [-0.39, 0.29) is 0 Å². The molecule has 2 heteroatoms. The molecule has 0 saturated heterocycles. The van der Waals surface area contributed by atoms with E-state index in [2.05, 4.69) is 17.6 Å². The van der Waals surface area contributed by atoms with E-state index in [9.17, 15) is 0 Å². The van der Waals surface area contributed by atoms with Crippen LogP contribution < -0.4 is 10.6 Å². The molecule has 4 fully saturated rings. The molecular weight excluding hydrogens is 304 g/mol. The maximum atomic E-state index is 3.94. The van der Waals surface area contributed by atoms with Gasteiger partial charge in [0.05, 0.1) is 0 Å². The summed E-state index contributed by atoms with van der Waals surface area (Å²) < 4.78 is 0. The Labute approximate surface area is 157 Å². The number of hydrogen-bond donors (Lipinski definition) is 2. The summed E-state index contributed by atoms with van der Waals surface area (Å²) in [7, 11) is 0. The zero-order chi connectivity index (χ0) is 17.3. The van der Waals surface area contributed by atoms with Crippen molar-refractivity contribution < 1.29 is 0 Å². The summed E-state index contributed by atoms with van der Waals surface area (Å²) in [5, 5.41) is 7.60. The van der Waals surface area contributed by atoms with E-state index in [1.165, 1.54) is 103 Å². The fourth-order valence-corrected chi connectivity index (χ4v) is 6.27. The second kappa shape index (κ2) is 10.9. The van der Waals surface area contributed by atoms with Crippen LogP contribution in [-0.4, -0.2) is 25.7 Å². The molecule has 25 heavy (non-hydrogen) atoms. The van der Waals surface area contributed by atoms with E-state index in [1.807, 2.05) is 0 Å². The highest BCUT2D eigenvalue weighted by Gasteiger charge is 2.47. The van der Waals surface area contributed by atoms with Gasteiger partial charge in [-0.3, -0.25) is 0 Å².